The number of nitrogens with zero attached hydrogens (tertiary/aromatic N) is 1. The van der Waals surface area contributed by atoms with E-state index in [0.717, 1.165) is 6.54 Å². The second-order valence-electron chi connectivity index (χ2n) is 5.48. The van der Waals surface area contributed by atoms with Crippen LogP contribution in [0.1, 0.15) is 39.5 Å². The van der Waals surface area contributed by atoms with Crippen molar-refractivity contribution in [3.8, 4) is 0 Å². The van der Waals surface area contributed by atoms with Gasteiger partial charge in [0.2, 0.25) is 5.91 Å². The van der Waals surface area contributed by atoms with Crippen molar-refractivity contribution < 1.29 is 4.79 Å². The third kappa shape index (κ3) is 3.20. The minimum absolute atomic E-state index is 0.0700. The highest BCUT2D eigenvalue weighted by atomic mass is 79.9. The van der Waals surface area contributed by atoms with Crippen molar-refractivity contribution in [2.24, 2.45) is 0 Å². The topological polar surface area (TPSA) is 32.3 Å². The van der Waals surface area contributed by atoms with Crippen molar-refractivity contribution >= 4 is 21.8 Å². The summed E-state index contributed by atoms with van der Waals surface area (Å²) in [4.78, 5) is 14.1. The molecule has 1 aliphatic carbocycles. The molecular formula is C12H23BrN2O. The zero-order chi connectivity index (χ0) is 12.4. The minimum Gasteiger partial charge on any atom is -0.353 e. The molecule has 0 saturated heterocycles. The summed E-state index contributed by atoms with van der Waals surface area (Å²) < 4.78 is -0.473. The number of hydrogen-bond donors (Lipinski definition) is 1. The molecule has 1 amide bonds. The molecule has 0 heterocycles. The average molecular weight is 291 g/mol. The first-order chi connectivity index (χ1) is 7.28. The lowest BCUT2D eigenvalue weighted by molar-refractivity contribution is -0.123. The van der Waals surface area contributed by atoms with Gasteiger partial charge in [0.05, 0.1) is 4.32 Å². The van der Waals surface area contributed by atoms with Gasteiger partial charge in [-0.15, -0.1) is 0 Å². The highest BCUT2D eigenvalue weighted by Crippen LogP contribution is 2.33. The molecule has 0 aromatic rings. The van der Waals surface area contributed by atoms with Crippen LogP contribution in [0.15, 0.2) is 0 Å². The molecule has 1 aliphatic rings. The van der Waals surface area contributed by atoms with E-state index in [9.17, 15) is 4.79 Å². The van der Waals surface area contributed by atoms with Gasteiger partial charge >= 0.3 is 0 Å². The number of rotatable bonds is 4. The largest absolute Gasteiger partial charge is 0.353 e. The van der Waals surface area contributed by atoms with Crippen LogP contribution in [-0.2, 0) is 4.79 Å². The summed E-state index contributed by atoms with van der Waals surface area (Å²) in [6, 6.07) is 0. The molecule has 0 aromatic carbocycles. The van der Waals surface area contributed by atoms with E-state index in [4.69, 9.17) is 0 Å². The molecule has 16 heavy (non-hydrogen) atoms. The van der Waals surface area contributed by atoms with Gasteiger partial charge in [-0.25, -0.2) is 0 Å². The van der Waals surface area contributed by atoms with Crippen LogP contribution < -0.4 is 5.32 Å². The van der Waals surface area contributed by atoms with Crippen LogP contribution in [0.4, 0.5) is 0 Å². The Hall–Kier alpha value is -0.0900. The first-order valence-electron chi connectivity index (χ1n) is 5.93. The predicted molar refractivity (Wildman–Crippen MR) is 70.9 cm³/mol. The maximum absolute atomic E-state index is 11.8. The normalized spacial score (nSPS) is 20.1. The summed E-state index contributed by atoms with van der Waals surface area (Å²) in [5, 5.41) is 3.06. The SMILES string of the molecule is CN(C)C1(CNC(=O)C(C)(C)Br)CCCC1. The van der Waals surface area contributed by atoms with Gasteiger partial charge in [0, 0.05) is 12.1 Å². The first-order valence-corrected chi connectivity index (χ1v) is 6.72. The standard InChI is InChI=1S/C12H23BrN2O/c1-11(2,13)10(16)14-9-12(15(3)4)7-5-6-8-12/h5-9H2,1-4H3,(H,14,16). The summed E-state index contributed by atoms with van der Waals surface area (Å²) >= 11 is 3.38. The number of hydrogen-bond acceptors (Lipinski definition) is 2. The highest BCUT2D eigenvalue weighted by Gasteiger charge is 2.37. The minimum atomic E-state index is -0.473. The van der Waals surface area contributed by atoms with Gasteiger partial charge in [-0.2, -0.15) is 0 Å². The van der Waals surface area contributed by atoms with Gasteiger partial charge < -0.3 is 10.2 Å². The van der Waals surface area contributed by atoms with Crippen LogP contribution in [0.3, 0.4) is 0 Å². The number of likely N-dealkylation sites (N-methyl/N-ethyl adjacent to an activating group) is 1. The van der Waals surface area contributed by atoms with Crippen molar-refractivity contribution in [2.75, 3.05) is 20.6 Å². The monoisotopic (exact) mass is 290 g/mol. The molecule has 0 bridgehead atoms. The Kier molecular flexibility index (Phi) is 4.41. The van der Waals surface area contributed by atoms with E-state index in [1.54, 1.807) is 0 Å². The molecular weight excluding hydrogens is 268 g/mol. The molecule has 0 radical (unpaired) electrons. The maximum atomic E-state index is 11.8. The van der Waals surface area contributed by atoms with E-state index in [-0.39, 0.29) is 11.4 Å². The number of carbonyl (C=O) groups excluding carboxylic acids is 1. The first kappa shape index (κ1) is 14.0. The average Bonchev–Trinajstić information content (AvgIpc) is 2.62. The zero-order valence-electron chi connectivity index (χ0n) is 10.8. The zero-order valence-corrected chi connectivity index (χ0v) is 12.4. The molecule has 4 heteroatoms. The molecule has 1 N–H and O–H groups in total. The van der Waals surface area contributed by atoms with Gasteiger partial charge in [0.15, 0.2) is 0 Å². The molecule has 0 aliphatic heterocycles. The Balaban J connectivity index is 2.55. The van der Waals surface area contributed by atoms with Gasteiger partial charge in [0.25, 0.3) is 0 Å². The molecule has 0 spiro atoms. The lowest BCUT2D eigenvalue weighted by atomic mass is 9.95. The molecule has 1 fully saturated rings. The van der Waals surface area contributed by atoms with E-state index in [1.807, 2.05) is 13.8 Å². The fraction of sp³-hybridized carbons (Fsp3) is 0.917. The Morgan fingerprint density at radius 3 is 2.25 bits per heavy atom. The Bertz CT molecular complexity index is 252. The van der Waals surface area contributed by atoms with Crippen LogP contribution in [-0.4, -0.2) is 41.3 Å². The number of nitrogens with one attached hydrogen (secondary N) is 1. The number of alkyl halides is 1. The lowest BCUT2D eigenvalue weighted by Crippen LogP contribution is -2.53. The second kappa shape index (κ2) is 5.05. The number of halogens is 1. The summed E-state index contributed by atoms with van der Waals surface area (Å²) in [6.07, 6.45) is 4.91. The van der Waals surface area contributed by atoms with Gasteiger partial charge in [-0.3, -0.25) is 4.79 Å². The molecule has 1 saturated carbocycles. The van der Waals surface area contributed by atoms with Crippen LogP contribution in [0.5, 0.6) is 0 Å². The van der Waals surface area contributed by atoms with Crippen LogP contribution in [0.25, 0.3) is 0 Å². The van der Waals surface area contributed by atoms with E-state index < -0.39 is 4.32 Å². The maximum Gasteiger partial charge on any atom is 0.236 e. The summed E-state index contributed by atoms with van der Waals surface area (Å²) in [6.45, 7) is 4.51. The van der Waals surface area contributed by atoms with Gasteiger partial charge in [0.1, 0.15) is 0 Å². The number of amides is 1. The summed E-state index contributed by atoms with van der Waals surface area (Å²) in [5.74, 6) is 0.0700. The summed E-state index contributed by atoms with van der Waals surface area (Å²) in [5.41, 5.74) is 0.175. The van der Waals surface area contributed by atoms with Gasteiger partial charge in [-0.1, -0.05) is 28.8 Å². The molecule has 94 valence electrons. The lowest BCUT2D eigenvalue weighted by Gasteiger charge is -2.37. The molecule has 0 unspecified atom stereocenters. The highest BCUT2D eigenvalue weighted by molar-refractivity contribution is 9.10. The van der Waals surface area contributed by atoms with E-state index in [2.05, 4.69) is 40.2 Å². The van der Waals surface area contributed by atoms with Crippen LogP contribution in [0, 0.1) is 0 Å². The van der Waals surface area contributed by atoms with Crippen LogP contribution in [0.2, 0.25) is 0 Å². The quantitative estimate of drug-likeness (QED) is 0.805. The number of carbonyl (C=O) groups is 1. The second-order valence-corrected chi connectivity index (χ2v) is 7.46. The smallest absolute Gasteiger partial charge is 0.236 e. The Labute approximate surface area is 107 Å². The van der Waals surface area contributed by atoms with Crippen molar-refractivity contribution in [2.45, 2.75) is 49.4 Å². The van der Waals surface area contributed by atoms with E-state index in [1.165, 1.54) is 25.7 Å². The Morgan fingerprint density at radius 2 is 1.88 bits per heavy atom. The van der Waals surface area contributed by atoms with Crippen molar-refractivity contribution in [3.63, 3.8) is 0 Å². The van der Waals surface area contributed by atoms with E-state index >= 15 is 0 Å². The Morgan fingerprint density at radius 1 is 1.38 bits per heavy atom. The third-order valence-electron chi connectivity index (χ3n) is 3.60. The van der Waals surface area contributed by atoms with Crippen LogP contribution >= 0.6 is 15.9 Å². The molecule has 3 nitrogen and oxygen atoms in total. The third-order valence-corrected chi connectivity index (χ3v) is 3.96. The van der Waals surface area contributed by atoms with Crippen molar-refractivity contribution in [1.82, 2.24) is 10.2 Å². The molecule has 1 rings (SSSR count). The van der Waals surface area contributed by atoms with Crippen molar-refractivity contribution in [3.05, 3.63) is 0 Å². The molecule has 0 aromatic heterocycles. The predicted octanol–water partition coefficient (Wildman–Crippen LogP) is 2.15. The molecule has 0 atom stereocenters. The van der Waals surface area contributed by atoms with Crippen molar-refractivity contribution in [1.29, 1.82) is 0 Å². The summed E-state index contributed by atoms with van der Waals surface area (Å²) in [7, 11) is 4.22. The fourth-order valence-electron chi connectivity index (χ4n) is 2.27. The fourth-order valence-corrected chi connectivity index (χ4v) is 2.41. The van der Waals surface area contributed by atoms with Gasteiger partial charge in [-0.05, 0) is 40.8 Å². The van der Waals surface area contributed by atoms with E-state index in [0.29, 0.717) is 0 Å².